The number of aryl methyl sites for hydroxylation is 1. The van der Waals surface area contributed by atoms with E-state index in [9.17, 15) is 4.79 Å². The van der Waals surface area contributed by atoms with Gasteiger partial charge in [-0.25, -0.2) is 0 Å². The molecule has 0 fully saturated rings. The lowest BCUT2D eigenvalue weighted by Gasteiger charge is -2.06. The van der Waals surface area contributed by atoms with E-state index in [0.29, 0.717) is 10.7 Å². The molecule has 2 nitrogen and oxygen atoms in total. The van der Waals surface area contributed by atoms with Crippen molar-refractivity contribution in [3.63, 3.8) is 0 Å². The van der Waals surface area contributed by atoms with Crippen molar-refractivity contribution in [2.24, 2.45) is 0 Å². The van der Waals surface area contributed by atoms with Crippen LogP contribution in [-0.2, 0) is 11.2 Å². The maximum atomic E-state index is 11.3. The summed E-state index contributed by atoms with van der Waals surface area (Å²) in [5, 5.41) is 3.29. The van der Waals surface area contributed by atoms with Gasteiger partial charge in [0.05, 0.1) is 10.7 Å². The summed E-state index contributed by atoms with van der Waals surface area (Å²) in [6.45, 7) is 3.85. The normalized spacial score (nSPS) is 10.6. The molecule has 0 heterocycles. The lowest BCUT2D eigenvalue weighted by molar-refractivity contribution is -0.111. The van der Waals surface area contributed by atoms with Crippen molar-refractivity contribution >= 4 is 23.2 Å². The average molecular weight is 224 g/mol. The van der Waals surface area contributed by atoms with E-state index < -0.39 is 0 Å². The van der Waals surface area contributed by atoms with E-state index >= 15 is 0 Å². The number of hydrogen-bond acceptors (Lipinski definition) is 1. The quantitative estimate of drug-likeness (QED) is 0.782. The smallest absolute Gasteiger partial charge is 0.248 e. The predicted octanol–water partition coefficient (Wildman–Crippen LogP) is 3.42. The molecule has 0 radical (unpaired) electrons. The highest BCUT2D eigenvalue weighted by atomic mass is 35.5. The molecule has 1 rings (SSSR count). The number of benzene rings is 1. The van der Waals surface area contributed by atoms with Crippen molar-refractivity contribution in [1.82, 2.24) is 0 Å². The molecule has 1 aromatic carbocycles. The van der Waals surface area contributed by atoms with E-state index in [4.69, 9.17) is 11.6 Å². The first-order valence-corrected chi connectivity index (χ1v) is 5.27. The van der Waals surface area contributed by atoms with Crippen molar-refractivity contribution in [3.05, 3.63) is 40.9 Å². The topological polar surface area (TPSA) is 29.1 Å². The molecule has 0 aliphatic heterocycles. The van der Waals surface area contributed by atoms with E-state index in [-0.39, 0.29) is 5.91 Å². The Morgan fingerprint density at radius 3 is 2.87 bits per heavy atom. The minimum atomic E-state index is -0.160. The number of halogens is 1. The lowest BCUT2D eigenvalue weighted by atomic mass is 10.1. The second kappa shape index (κ2) is 5.56. The molecule has 0 bridgehead atoms. The number of rotatable bonds is 3. The number of hydrogen-bond donors (Lipinski definition) is 1. The van der Waals surface area contributed by atoms with Crippen LogP contribution in [-0.4, -0.2) is 5.91 Å². The maximum absolute atomic E-state index is 11.3. The van der Waals surface area contributed by atoms with Gasteiger partial charge in [0.25, 0.3) is 0 Å². The monoisotopic (exact) mass is 223 g/mol. The fourth-order valence-corrected chi connectivity index (χ4v) is 1.38. The Kier molecular flexibility index (Phi) is 4.37. The zero-order valence-corrected chi connectivity index (χ0v) is 9.64. The van der Waals surface area contributed by atoms with Crippen molar-refractivity contribution in [2.75, 3.05) is 5.32 Å². The van der Waals surface area contributed by atoms with Crippen LogP contribution in [0.2, 0.25) is 5.02 Å². The van der Waals surface area contributed by atoms with Crippen molar-refractivity contribution in [1.29, 1.82) is 0 Å². The van der Waals surface area contributed by atoms with Gasteiger partial charge in [0, 0.05) is 0 Å². The Morgan fingerprint density at radius 2 is 2.27 bits per heavy atom. The lowest BCUT2D eigenvalue weighted by Crippen LogP contribution is -2.08. The molecule has 0 aromatic heterocycles. The van der Waals surface area contributed by atoms with Crippen LogP contribution in [0.4, 0.5) is 5.69 Å². The molecule has 0 saturated carbocycles. The molecule has 0 atom stereocenters. The van der Waals surface area contributed by atoms with Gasteiger partial charge in [-0.05, 0) is 37.1 Å². The fourth-order valence-electron chi connectivity index (χ4n) is 1.21. The average Bonchev–Trinajstić information content (AvgIpc) is 2.21. The third-order valence-corrected chi connectivity index (χ3v) is 2.34. The minimum absolute atomic E-state index is 0.160. The Balaban J connectivity index is 2.88. The largest absolute Gasteiger partial charge is 0.321 e. The van der Waals surface area contributed by atoms with Gasteiger partial charge in [0.1, 0.15) is 0 Å². The molecule has 1 amide bonds. The van der Waals surface area contributed by atoms with E-state index in [1.807, 2.05) is 12.1 Å². The molecule has 80 valence electrons. The van der Waals surface area contributed by atoms with E-state index in [0.717, 1.165) is 12.0 Å². The summed E-state index contributed by atoms with van der Waals surface area (Å²) in [5.41, 5.74) is 1.81. The van der Waals surface area contributed by atoms with Gasteiger partial charge in [-0.3, -0.25) is 4.79 Å². The van der Waals surface area contributed by atoms with Gasteiger partial charge in [-0.2, -0.15) is 0 Å². The molecule has 0 spiro atoms. The van der Waals surface area contributed by atoms with Crippen LogP contribution >= 0.6 is 11.6 Å². The molecule has 3 heteroatoms. The summed E-state index contributed by atoms with van der Waals surface area (Å²) in [6, 6.07) is 5.64. The zero-order chi connectivity index (χ0) is 11.3. The standard InChI is InChI=1S/C12H14ClNO/c1-3-5-12(15)14-11-8-9(4-2)6-7-10(11)13/h3,5-8H,4H2,1-2H3,(H,14,15). The first-order chi connectivity index (χ1) is 7.17. The van der Waals surface area contributed by atoms with E-state index in [1.54, 1.807) is 19.1 Å². The minimum Gasteiger partial charge on any atom is -0.321 e. The Morgan fingerprint density at radius 1 is 1.53 bits per heavy atom. The van der Waals surface area contributed by atoms with Crippen LogP contribution < -0.4 is 5.32 Å². The number of carbonyl (C=O) groups is 1. The highest BCUT2D eigenvalue weighted by molar-refractivity contribution is 6.33. The molecular formula is C12H14ClNO. The van der Waals surface area contributed by atoms with E-state index in [2.05, 4.69) is 12.2 Å². The predicted molar refractivity (Wildman–Crippen MR) is 64.3 cm³/mol. The Labute approximate surface area is 94.9 Å². The van der Waals surface area contributed by atoms with Gasteiger partial charge in [0.2, 0.25) is 5.91 Å². The summed E-state index contributed by atoms with van der Waals surface area (Å²) >= 11 is 5.96. The first kappa shape index (κ1) is 11.8. The van der Waals surface area contributed by atoms with Crippen LogP contribution in [0.25, 0.3) is 0 Å². The van der Waals surface area contributed by atoms with Gasteiger partial charge in [-0.1, -0.05) is 30.7 Å². The molecule has 0 aliphatic rings. The van der Waals surface area contributed by atoms with Crippen LogP contribution in [0.5, 0.6) is 0 Å². The first-order valence-electron chi connectivity index (χ1n) is 4.89. The fraction of sp³-hybridized carbons (Fsp3) is 0.250. The van der Waals surface area contributed by atoms with Crippen molar-refractivity contribution in [3.8, 4) is 0 Å². The van der Waals surface area contributed by atoms with Crippen LogP contribution in [0.3, 0.4) is 0 Å². The summed E-state index contributed by atoms with van der Waals surface area (Å²) in [5.74, 6) is -0.160. The Hall–Kier alpha value is -1.28. The second-order valence-corrected chi connectivity index (χ2v) is 3.56. The van der Waals surface area contributed by atoms with E-state index in [1.165, 1.54) is 6.08 Å². The highest BCUT2D eigenvalue weighted by Crippen LogP contribution is 2.23. The van der Waals surface area contributed by atoms with Crippen LogP contribution in [0.1, 0.15) is 19.4 Å². The molecule has 0 aliphatic carbocycles. The SMILES string of the molecule is CC=CC(=O)Nc1cc(CC)ccc1Cl. The number of carbonyl (C=O) groups excluding carboxylic acids is 1. The number of amides is 1. The summed E-state index contributed by atoms with van der Waals surface area (Å²) in [4.78, 5) is 11.3. The van der Waals surface area contributed by atoms with Crippen LogP contribution in [0.15, 0.2) is 30.4 Å². The number of nitrogens with one attached hydrogen (secondary N) is 1. The third kappa shape index (κ3) is 3.40. The zero-order valence-electron chi connectivity index (χ0n) is 8.88. The highest BCUT2D eigenvalue weighted by Gasteiger charge is 2.03. The van der Waals surface area contributed by atoms with Gasteiger partial charge in [0.15, 0.2) is 0 Å². The number of anilines is 1. The maximum Gasteiger partial charge on any atom is 0.248 e. The summed E-state index contributed by atoms with van der Waals surface area (Å²) in [7, 11) is 0. The Bertz CT molecular complexity index is 385. The number of allylic oxidation sites excluding steroid dienone is 1. The van der Waals surface area contributed by atoms with Gasteiger partial charge in [-0.15, -0.1) is 0 Å². The molecule has 1 aromatic rings. The van der Waals surface area contributed by atoms with Crippen LogP contribution in [0, 0.1) is 0 Å². The second-order valence-electron chi connectivity index (χ2n) is 3.16. The molecular weight excluding hydrogens is 210 g/mol. The molecule has 1 N–H and O–H groups in total. The van der Waals surface area contributed by atoms with Crippen molar-refractivity contribution < 1.29 is 4.79 Å². The summed E-state index contributed by atoms with van der Waals surface area (Å²) in [6.07, 6.45) is 4.07. The van der Waals surface area contributed by atoms with Gasteiger partial charge >= 0.3 is 0 Å². The van der Waals surface area contributed by atoms with Gasteiger partial charge < -0.3 is 5.32 Å². The third-order valence-electron chi connectivity index (χ3n) is 2.01. The molecule has 0 saturated heterocycles. The molecule has 0 unspecified atom stereocenters. The molecule has 15 heavy (non-hydrogen) atoms. The summed E-state index contributed by atoms with van der Waals surface area (Å²) < 4.78 is 0. The van der Waals surface area contributed by atoms with Crippen molar-refractivity contribution in [2.45, 2.75) is 20.3 Å².